The number of ether oxygens (including phenoxy) is 4. The number of amides is 1. The van der Waals surface area contributed by atoms with Gasteiger partial charge in [0.2, 0.25) is 17.6 Å². The van der Waals surface area contributed by atoms with E-state index in [1.807, 2.05) is 25.1 Å². The number of anilines is 3. The molecule has 1 aromatic heterocycles. The summed E-state index contributed by atoms with van der Waals surface area (Å²) < 4.78 is 21.5. The maximum absolute atomic E-state index is 12.5. The minimum Gasteiger partial charge on any atom is -0.493 e. The highest BCUT2D eigenvalue weighted by Gasteiger charge is 2.15. The molecular formula is C24H28N4O5. The summed E-state index contributed by atoms with van der Waals surface area (Å²) in [6, 6.07) is 13.0. The Balaban J connectivity index is 1.66. The van der Waals surface area contributed by atoms with Crippen molar-refractivity contribution >= 4 is 23.2 Å². The van der Waals surface area contributed by atoms with Crippen LogP contribution in [-0.4, -0.2) is 43.8 Å². The van der Waals surface area contributed by atoms with E-state index in [2.05, 4.69) is 33.6 Å². The van der Waals surface area contributed by atoms with Crippen molar-refractivity contribution in [3.8, 4) is 23.1 Å². The number of rotatable bonds is 10. The number of nitrogens with zero attached hydrogens (tertiary/aromatic N) is 2. The van der Waals surface area contributed by atoms with E-state index < -0.39 is 0 Å². The Labute approximate surface area is 193 Å². The number of carbonyl (C=O) groups excluding carboxylic acids is 1. The molecule has 0 aliphatic heterocycles. The van der Waals surface area contributed by atoms with E-state index in [-0.39, 0.29) is 18.4 Å². The second-order valence-electron chi connectivity index (χ2n) is 7.10. The van der Waals surface area contributed by atoms with Crippen molar-refractivity contribution in [2.45, 2.75) is 20.3 Å². The summed E-state index contributed by atoms with van der Waals surface area (Å²) in [5.74, 6) is 1.62. The first-order valence-corrected chi connectivity index (χ1v) is 10.4. The number of methoxy groups -OCH3 is 3. The Kier molecular flexibility index (Phi) is 7.91. The number of benzene rings is 2. The van der Waals surface area contributed by atoms with Gasteiger partial charge in [-0.1, -0.05) is 19.1 Å². The zero-order valence-corrected chi connectivity index (χ0v) is 19.4. The summed E-state index contributed by atoms with van der Waals surface area (Å²) >= 11 is 0. The van der Waals surface area contributed by atoms with Crippen molar-refractivity contribution in [3.63, 3.8) is 0 Å². The largest absolute Gasteiger partial charge is 0.493 e. The van der Waals surface area contributed by atoms with Gasteiger partial charge in [-0.25, -0.2) is 4.98 Å². The second kappa shape index (κ2) is 11.0. The molecule has 0 saturated heterocycles. The van der Waals surface area contributed by atoms with E-state index in [1.54, 1.807) is 18.2 Å². The van der Waals surface area contributed by atoms with E-state index in [9.17, 15) is 4.79 Å². The molecule has 9 heteroatoms. The third kappa shape index (κ3) is 6.25. The summed E-state index contributed by atoms with van der Waals surface area (Å²) in [6.45, 7) is 3.69. The quantitative estimate of drug-likeness (QED) is 0.473. The summed E-state index contributed by atoms with van der Waals surface area (Å²) in [4.78, 5) is 21.2. The molecule has 0 bridgehead atoms. The molecule has 0 aliphatic rings. The van der Waals surface area contributed by atoms with Crippen LogP contribution in [0, 0.1) is 6.92 Å². The van der Waals surface area contributed by atoms with Crippen molar-refractivity contribution in [2.24, 2.45) is 0 Å². The van der Waals surface area contributed by atoms with Gasteiger partial charge in [0.15, 0.2) is 18.1 Å². The molecule has 1 heterocycles. The second-order valence-corrected chi connectivity index (χ2v) is 7.10. The average Bonchev–Trinajstić information content (AvgIpc) is 2.81. The lowest BCUT2D eigenvalue weighted by atomic mass is 10.1. The van der Waals surface area contributed by atoms with Gasteiger partial charge in [0, 0.05) is 35.3 Å². The molecule has 33 heavy (non-hydrogen) atoms. The fourth-order valence-corrected chi connectivity index (χ4v) is 3.16. The van der Waals surface area contributed by atoms with Gasteiger partial charge in [-0.15, -0.1) is 0 Å². The van der Waals surface area contributed by atoms with Crippen LogP contribution in [-0.2, 0) is 11.2 Å². The van der Waals surface area contributed by atoms with Gasteiger partial charge in [0.1, 0.15) is 0 Å². The van der Waals surface area contributed by atoms with Gasteiger partial charge in [-0.2, -0.15) is 4.98 Å². The molecule has 0 radical (unpaired) electrons. The molecule has 0 atom stereocenters. The number of carbonyl (C=O) groups is 1. The van der Waals surface area contributed by atoms with Gasteiger partial charge >= 0.3 is 0 Å². The number of hydrogen-bond acceptors (Lipinski definition) is 8. The molecule has 3 aromatic rings. The molecule has 3 rings (SSSR count). The van der Waals surface area contributed by atoms with Crippen LogP contribution in [0.1, 0.15) is 18.2 Å². The van der Waals surface area contributed by atoms with E-state index in [0.717, 1.165) is 12.1 Å². The molecule has 0 unspecified atom stereocenters. The van der Waals surface area contributed by atoms with E-state index >= 15 is 0 Å². The SMILES string of the molecule is CCc1cccc(Nc2nc(C)cc(OCC(=O)Nc3cc(OC)c(OC)c(OC)c3)n2)c1. The van der Waals surface area contributed by atoms with Gasteiger partial charge in [0.05, 0.1) is 21.3 Å². The average molecular weight is 453 g/mol. The van der Waals surface area contributed by atoms with E-state index in [0.29, 0.717) is 34.6 Å². The number of aryl methyl sites for hydroxylation is 2. The van der Waals surface area contributed by atoms with Crippen molar-refractivity contribution in [1.82, 2.24) is 9.97 Å². The third-order valence-electron chi connectivity index (χ3n) is 4.72. The van der Waals surface area contributed by atoms with Gasteiger partial charge in [0.25, 0.3) is 5.91 Å². The third-order valence-corrected chi connectivity index (χ3v) is 4.72. The summed E-state index contributed by atoms with van der Waals surface area (Å²) in [5, 5.41) is 5.94. The van der Waals surface area contributed by atoms with Crippen LogP contribution < -0.4 is 29.6 Å². The van der Waals surface area contributed by atoms with Gasteiger partial charge in [-0.3, -0.25) is 4.79 Å². The fourth-order valence-electron chi connectivity index (χ4n) is 3.16. The Morgan fingerprint density at radius 2 is 1.67 bits per heavy atom. The molecule has 174 valence electrons. The highest BCUT2D eigenvalue weighted by atomic mass is 16.5. The number of nitrogens with one attached hydrogen (secondary N) is 2. The van der Waals surface area contributed by atoms with Crippen molar-refractivity contribution < 1.29 is 23.7 Å². The normalized spacial score (nSPS) is 10.3. The molecular weight excluding hydrogens is 424 g/mol. The number of hydrogen-bond donors (Lipinski definition) is 2. The molecule has 2 N–H and O–H groups in total. The molecule has 9 nitrogen and oxygen atoms in total. The summed E-state index contributed by atoms with van der Waals surface area (Å²) in [5.41, 5.74) is 3.27. The zero-order chi connectivity index (χ0) is 23.8. The van der Waals surface area contributed by atoms with Crippen LogP contribution in [0.4, 0.5) is 17.3 Å². The predicted molar refractivity (Wildman–Crippen MR) is 126 cm³/mol. The van der Waals surface area contributed by atoms with Crippen LogP contribution in [0.5, 0.6) is 23.1 Å². The minimum atomic E-state index is -0.370. The zero-order valence-electron chi connectivity index (χ0n) is 19.4. The summed E-state index contributed by atoms with van der Waals surface area (Å²) in [7, 11) is 4.53. The maximum atomic E-state index is 12.5. The number of aromatic nitrogens is 2. The Morgan fingerprint density at radius 1 is 0.939 bits per heavy atom. The Bertz CT molecular complexity index is 1090. The van der Waals surface area contributed by atoms with Crippen molar-refractivity contribution in [1.29, 1.82) is 0 Å². The first-order chi connectivity index (χ1) is 15.9. The highest BCUT2D eigenvalue weighted by molar-refractivity contribution is 5.92. The van der Waals surface area contributed by atoms with E-state index in [4.69, 9.17) is 18.9 Å². The lowest BCUT2D eigenvalue weighted by Crippen LogP contribution is -2.20. The van der Waals surface area contributed by atoms with E-state index in [1.165, 1.54) is 26.9 Å². The standard InChI is InChI=1S/C24H28N4O5/c1-6-16-8-7-9-17(11-16)27-24-25-15(2)10-22(28-24)33-14-21(29)26-18-12-19(30-3)23(32-5)20(13-18)31-4/h7-13H,6,14H2,1-5H3,(H,26,29)(H,25,27,28). The minimum absolute atomic E-state index is 0.238. The van der Waals surface area contributed by atoms with Gasteiger partial charge in [-0.05, 0) is 31.0 Å². The highest BCUT2D eigenvalue weighted by Crippen LogP contribution is 2.39. The molecule has 2 aromatic carbocycles. The lowest BCUT2D eigenvalue weighted by Gasteiger charge is -2.15. The first-order valence-electron chi connectivity index (χ1n) is 10.4. The van der Waals surface area contributed by atoms with Crippen LogP contribution >= 0.6 is 0 Å². The van der Waals surface area contributed by atoms with Crippen molar-refractivity contribution in [2.75, 3.05) is 38.6 Å². The molecule has 0 fully saturated rings. The van der Waals surface area contributed by atoms with Crippen molar-refractivity contribution in [3.05, 3.63) is 53.7 Å². The predicted octanol–water partition coefficient (Wildman–Crippen LogP) is 4.13. The van der Waals surface area contributed by atoms with Gasteiger partial charge < -0.3 is 29.6 Å². The monoisotopic (exact) mass is 452 g/mol. The van der Waals surface area contributed by atoms with Crippen LogP contribution in [0.3, 0.4) is 0 Å². The molecule has 0 saturated carbocycles. The first kappa shape index (κ1) is 23.6. The topological polar surface area (TPSA) is 104 Å². The maximum Gasteiger partial charge on any atom is 0.262 e. The van der Waals surface area contributed by atoms with Crippen LogP contribution in [0.15, 0.2) is 42.5 Å². The van der Waals surface area contributed by atoms with Crippen LogP contribution in [0.2, 0.25) is 0 Å². The Hall–Kier alpha value is -4.01. The molecule has 0 aliphatic carbocycles. The Morgan fingerprint density at radius 3 is 2.30 bits per heavy atom. The smallest absolute Gasteiger partial charge is 0.262 e. The lowest BCUT2D eigenvalue weighted by molar-refractivity contribution is -0.118. The summed E-state index contributed by atoms with van der Waals surface area (Å²) in [6.07, 6.45) is 0.930. The fraction of sp³-hybridized carbons (Fsp3) is 0.292. The molecule has 1 amide bonds. The molecule has 0 spiro atoms. The van der Waals surface area contributed by atoms with Crippen LogP contribution in [0.25, 0.3) is 0 Å².